The first kappa shape index (κ1) is 16.0. The van der Waals surface area contributed by atoms with Crippen LogP contribution in [0.15, 0.2) is 18.2 Å². The molecule has 5 heteroatoms. The Labute approximate surface area is 156 Å². The topological polar surface area (TPSA) is 47.6 Å². The molecule has 25 heavy (non-hydrogen) atoms. The highest BCUT2D eigenvalue weighted by atomic mass is 79.9. The van der Waals surface area contributed by atoms with E-state index >= 15 is 0 Å². The summed E-state index contributed by atoms with van der Waals surface area (Å²) in [5.74, 6) is 3.24. The number of hydrogen-bond donors (Lipinski definition) is 1. The minimum Gasteiger partial charge on any atom is -0.486 e. The molecule has 1 aromatic carbocycles. The number of carbonyl (C=O) groups is 1. The van der Waals surface area contributed by atoms with E-state index in [4.69, 9.17) is 9.47 Å². The van der Waals surface area contributed by atoms with E-state index in [1.807, 2.05) is 18.2 Å². The molecule has 5 aliphatic rings. The Morgan fingerprint density at radius 1 is 1.16 bits per heavy atom. The van der Waals surface area contributed by atoms with Crippen molar-refractivity contribution in [3.05, 3.63) is 23.8 Å². The van der Waals surface area contributed by atoms with Crippen molar-refractivity contribution in [1.82, 2.24) is 5.32 Å². The van der Waals surface area contributed by atoms with Crippen LogP contribution in [0, 0.1) is 17.3 Å². The number of ether oxygens (including phenoxy) is 2. The van der Waals surface area contributed by atoms with Gasteiger partial charge in [-0.1, -0.05) is 28.1 Å². The molecule has 134 valence electrons. The molecule has 4 fully saturated rings. The Bertz CT molecular complexity index is 705. The number of para-hydroxylation sites is 1. The number of rotatable bonds is 3. The summed E-state index contributed by atoms with van der Waals surface area (Å²) in [5, 5.41) is 3.23. The van der Waals surface area contributed by atoms with Gasteiger partial charge in [0.1, 0.15) is 13.2 Å². The van der Waals surface area contributed by atoms with E-state index in [0.29, 0.717) is 31.6 Å². The van der Waals surface area contributed by atoms with Crippen LogP contribution in [0.4, 0.5) is 0 Å². The second kappa shape index (κ2) is 5.63. The van der Waals surface area contributed by atoms with E-state index in [1.54, 1.807) is 0 Å². The quantitative estimate of drug-likeness (QED) is 0.777. The lowest BCUT2D eigenvalue weighted by Gasteiger charge is -2.59. The van der Waals surface area contributed by atoms with E-state index in [2.05, 4.69) is 21.2 Å². The van der Waals surface area contributed by atoms with Crippen molar-refractivity contribution in [1.29, 1.82) is 0 Å². The average Bonchev–Trinajstić information content (AvgIpc) is 2.57. The van der Waals surface area contributed by atoms with Gasteiger partial charge in [-0.3, -0.25) is 4.79 Å². The molecule has 1 N–H and O–H groups in total. The van der Waals surface area contributed by atoms with Gasteiger partial charge in [0.15, 0.2) is 11.5 Å². The van der Waals surface area contributed by atoms with Gasteiger partial charge in [0.2, 0.25) is 5.91 Å². The van der Waals surface area contributed by atoms with Crippen LogP contribution in [0.25, 0.3) is 0 Å². The third-order valence-corrected chi connectivity index (χ3v) is 7.49. The maximum Gasteiger partial charge on any atom is 0.226 e. The van der Waals surface area contributed by atoms with Gasteiger partial charge in [0, 0.05) is 16.4 Å². The molecule has 1 heterocycles. The van der Waals surface area contributed by atoms with E-state index in [1.165, 1.54) is 19.3 Å². The highest BCUT2D eigenvalue weighted by Gasteiger charge is 2.59. The molecule has 4 nitrogen and oxygen atoms in total. The summed E-state index contributed by atoms with van der Waals surface area (Å²) >= 11 is 3.99. The molecule has 0 radical (unpaired) electrons. The van der Waals surface area contributed by atoms with E-state index in [9.17, 15) is 4.79 Å². The third kappa shape index (κ3) is 2.66. The molecule has 0 spiro atoms. The van der Waals surface area contributed by atoms with Crippen LogP contribution in [0.2, 0.25) is 0 Å². The van der Waals surface area contributed by atoms with Crippen LogP contribution < -0.4 is 14.8 Å². The maximum atomic E-state index is 13.2. The normalized spacial score (nSPS) is 37.8. The largest absolute Gasteiger partial charge is 0.486 e. The standard InChI is InChI=1S/C20H24BrNO3/c21-20-9-13-6-14(10-20)8-19(7-13,12-20)18(23)22-11-15-2-1-3-16-17(15)25-5-4-24-16/h1-3,13-14H,4-12H2,(H,22,23). The SMILES string of the molecule is O=C(NCc1cccc2c1OCCO2)C12CC3CC(CC(Br)(C3)C1)C2. The van der Waals surface area contributed by atoms with Crippen LogP contribution in [0.5, 0.6) is 11.5 Å². The summed E-state index contributed by atoms with van der Waals surface area (Å²) in [7, 11) is 0. The number of benzene rings is 1. The Hall–Kier alpha value is -1.23. The van der Waals surface area contributed by atoms with Crippen molar-refractivity contribution in [2.24, 2.45) is 17.3 Å². The Morgan fingerprint density at radius 3 is 2.68 bits per heavy atom. The van der Waals surface area contributed by atoms with Crippen LogP contribution in [0.3, 0.4) is 0 Å². The third-order valence-electron chi connectivity index (χ3n) is 6.56. The van der Waals surface area contributed by atoms with Crippen LogP contribution in [0.1, 0.15) is 44.1 Å². The molecular formula is C20H24BrNO3. The monoisotopic (exact) mass is 405 g/mol. The van der Waals surface area contributed by atoms with Crippen molar-refractivity contribution >= 4 is 21.8 Å². The predicted molar refractivity (Wildman–Crippen MR) is 98.1 cm³/mol. The first-order valence-electron chi connectivity index (χ1n) is 9.40. The first-order valence-corrected chi connectivity index (χ1v) is 10.2. The maximum absolute atomic E-state index is 13.2. The van der Waals surface area contributed by atoms with E-state index in [0.717, 1.165) is 36.3 Å². The molecule has 2 unspecified atom stereocenters. The lowest BCUT2D eigenvalue weighted by atomic mass is 9.49. The molecule has 2 atom stereocenters. The van der Waals surface area contributed by atoms with Crippen molar-refractivity contribution in [2.75, 3.05) is 13.2 Å². The zero-order valence-corrected chi connectivity index (χ0v) is 15.9. The van der Waals surface area contributed by atoms with Gasteiger partial charge in [-0.25, -0.2) is 0 Å². The summed E-state index contributed by atoms with van der Waals surface area (Å²) in [6, 6.07) is 5.90. The Morgan fingerprint density at radius 2 is 1.92 bits per heavy atom. The van der Waals surface area contributed by atoms with Gasteiger partial charge in [0.05, 0.1) is 5.41 Å². The fraction of sp³-hybridized carbons (Fsp3) is 0.650. The van der Waals surface area contributed by atoms with Gasteiger partial charge in [-0.05, 0) is 56.4 Å². The fourth-order valence-corrected chi connectivity index (χ4v) is 7.51. The Balaban J connectivity index is 1.33. The van der Waals surface area contributed by atoms with Crippen LogP contribution in [-0.2, 0) is 11.3 Å². The molecule has 1 amide bonds. The number of amides is 1. The number of carbonyl (C=O) groups excluding carboxylic acids is 1. The van der Waals surface area contributed by atoms with E-state index in [-0.39, 0.29) is 15.6 Å². The molecule has 6 rings (SSSR count). The highest BCUT2D eigenvalue weighted by Crippen LogP contribution is 2.64. The molecule has 4 saturated carbocycles. The minimum atomic E-state index is -0.167. The summed E-state index contributed by atoms with van der Waals surface area (Å²) < 4.78 is 11.6. The number of halogens is 1. The smallest absolute Gasteiger partial charge is 0.226 e. The number of fused-ring (bicyclic) bond motifs is 1. The summed E-state index contributed by atoms with van der Waals surface area (Å²) in [6.07, 6.45) is 6.93. The van der Waals surface area contributed by atoms with Gasteiger partial charge in [-0.15, -0.1) is 0 Å². The zero-order valence-electron chi connectivity index (χ0n) is 14.4. The van der Waals surface area contributed by atoms with Crippen LogP contribution in [-0.4, -0.2) is 23.4 Å². The second-order valence-electron chi connectivity index (χ2n) is 8.52. The molecular weight excluding hydrogens is 382 g/mol. The van der Waals surface area contributed by atoms with Crippen molar-refractivity contribution in [2.45, 2.75) is 49.4 Å². The predicted octanol–water partition coefficient (Wildman–Crippen LogP) is 3.81. The summed E-state index contributed by atoms with van der Waals surface area (Å²) in [6.45, 7) is 1.66. The Kier molecular flexibility index (Phi) is 3.60. The van der Waals surface area contributed by atoms with Gasteiger partial charge < -0.3 is 14.8 Å². The second-order valence-corrected chi connectivity index (χ2v) is 10.2. The van der Waals surface area contributed by atoms with Gasteiger partial charge >= 0.3 is 0 Å². The molecule has 0 aromatic heterocycles. The van der Waals surface area contributed by atoms with Crippen molar-refractivity contribution in [3.63, 3.8) is 0 Å². The molecule has 4 bridgehead atoms. The van der Waals surface area contributed by atoms with Gasteiger partial charge in [0.25, 0.3) is 0 Å². The summed E-state index contributed by atoms with van der Waals surface area (Å²) in [4.78, 5) is 13.2. The lowest BCUT2D eigenvalue weighted by Crippen LogP contribution is -2.58. The number of alkyl halides is 1. The van der Waals surface area contributed by atoms with Gasteiger partial charge in [-0.2, -0.15) is 0 Å². The molecule has 4 aliphatic carbocycles. The molecule has 1 aromatic rings. The van der Waals surface area contributed by atoms with Crippen molar-refractivity contribution < 1.29 is 14.3 Å². The molecule has 1 aliphatic heterocycles. The van der Waals surface area contributed by atoms with Crippen LogP contribution >= 0.6 is 15.9 Å². The fourth-order valence-electron chi connectivity index (χ4n) is 6.05. The van der Waals surface area contributed by atoms with Crippen molar-refractivity contribution in [3.8, 4) is 11.5 Å². The zero-order chi connectivity index (χ0) is 17.1. The number of hydrogen-bond acceptors (Lipinski definition) is 3. The molecule has 0 saturated heterocycles. The number of nitrogens with one attached hydrogen (secondary N) is 1. The minimum absolute atomic E-state index is 0.167. The van der Waals surface area contributed by atoms with E-state index < -0.39 is 0 Å². The lowest BCUT2D eigenvalue weighted by molar-refractivity contribution is -0.144. The summed E-state index contributed by atoms with van der Waals surface area (Å²) in [5.41, 5.74) is 0.837. The first-order chi connectivity index (χ1) is 12.1. The average molecular weight is 406 g/mol. The highest BCUT2D eigenvalue weighted by molar-refractivity contribution is 9.10.